The Morgan fingerprint density at radius 3 is 2.55 bits per heavy atom. The molecular formula is C28H31N7O3. The van der Waals surface area contributed by atoms with Gasteiger partial charge in [-0.2, -0.15) is 5.26 Å². The minimum absolute atomic E-state index is 0.0414. The van der Waals surface area contributed by atoms with E-state index < -0.39 is 0 Å². The zero-order valence-electron chi connectivity index (χ0n) is 21.6. The average Bonchev–Trinajstić information content (AvgIpc) is 2.91. The molecule has 2 aromatic carbocycles. The lowest BCUT2D eigenvalue weighted by Crippen LogP contribution is -2.48. The van der Waals surface area contributed by atoms with Crippen molar-refractivity contribution in [2.24, 2.45) is 0 Å². The first kappa shape index (κ1) is 26.7. The number of anilines is 1. The van der Waals surface area contributed by atoms with Gasteiger partial charge < -0.3 is 20.7 Å². The van der Waals surface area contributed by atoms with Gasteiger partial charge in [0.1, 0.15) is 12.7 Å². The molecule has 2 unspecified atom stereocenters. The fourth-order valence-corrected chi connectivity index (χ4v) is 4.02. The summed E-state index contributed by atoms with van der Waals surface area (Å²) in [4.78, 5) is 33.8. The van der Waals surface area contributed by atoms with Gasteiger partial charge in [-0.05, 0) is 50.6 Å². The number of carbonyl (C=O) groups excluding carboxylic acids is 2. The lowest BCUT2D eigenvalue weighted by atomic mass is 9.99. The fourth-order valence-electron chi connectivity index (χ4n) is 4.02. The van der Waals surface area contributed by atoms with Crippen LogP contribution in [-0.2, 0) is 4.74 Å². The molecule has 4 rings (SSSR count). The van der Waals surface area contributed by atoms with Crippen molar-refractivity contribution in [3.63, 3.8) is 0 Å². The molecule has 0 aliphatic carbocycles. The molecule has 3 aromatic rings. The highest BCUT2D eigenvalue weighted by Gasteiger charge is 2.27. The van der Waals surface area contributed by atoms with Crippen LogP contribution < -0.4 is 21.3 Å². The second-order valence-electron chi connectivity index (χ2n) is 9.90. The van der Waals surface area contributed by atoms with E-state index in [2.05, 4.69) is 31.2 Å². The summed E-state index contributed by atoms with van der Waals surface area (Å²) in [5.74, 6) is 0.00288. The number of nitriles is 1. The maximum atomic E-state index is 12.8. The Hall–Kier alpha value is -4.33. The maximum Gasteiger partial charge on any atom is 0.252 e. The van der Waals surface area contributed by atoms with Crippen LogP contribution in [0.3, 0.4) is 0 Å². The van der Waals surface area contributed by atoms with E-state index in [9.17, 15) is 9.59 Å². The quantitative estimate of drug-likeness (QED) is 0.353. The largest absolute Gasteiger partial charge is 0.369 e. The molecular weight excluding hydrogens is 482 g/mol. The van der Waals surface area contributed by atoms with Crippen LogP contribution in [0.5, 0.6) is 0 Å². The third-order valence-corrected chi connectivity index (χ3v) is 5.78. The van der Waals surface area contributed by atoms with Crippen molar-refractivity contribution >= 4 is 17.8 Å². The lowest BCUT2D eigenvalue weighted by Gasteiger charge is -2.32. The Bertz CT molecular complexity index is 1320. The molecule has 1 fully saturated rings. The molecule has 1 saturated heterocycles. The first-order valence-corrected chi connectivity index (χ1v) is 12.3. The van der Waals surface area contributed by atoms with Gasteiger partial charge in [-0.15, -0.1) is 0 Å². The van der Waals surface area contributed by atoms with Crippen LogP contribution in [0.25, 0.3) is 11.3 Å². The van der Waals surface area contributed by atoms with Crippen LogP contribution in [0.1, 0.15) is 53.2 Å². The zero-order chi connectivity index (χ0) is 27.1. The standard InChI is InChI=1S/C28H31N7O3/c1-28(2,3)35-26(37)21-7-5-4-6-20(21)23-16-32-24(17-38-23)34-27-31-14-12-22(33-27)18-8-10-19(11-9-18)25(36)30-15-13-29/h4-12,14,23-24,32H,15-17H2,1-3H3,(H,30,36)(H,35,37)(H,31,33,34). The molecule has 1 aromatic heterocycles. The number of benzene rings is 2. The number of amides is 2. The number of ether oxygens (including phenoxy) is 1. The molecule has 4 N–H and O–H groups in total. The Morgan fingerprint density at radius 1 is 1.11 bits per heavy atom. The zero-order valence-corrected chi connectivity index (χ0v) is 21.6. The number of hydrogen-bond donors (Lipinski definition) is 4. The minimum atomic E-state index is -0.339. The van der Waals surface area contributed by atoms with E-state index in [1.165, 1.54) is 0 Å². The number of nitrogens with one attached hydrogen (secondary N) is 4. The number of nitrogens with zero attached hydrogens (tertiary/aromatic N) is 3. The molecule has 1 aliphatic rings. The van der Waals surface area contributed by atoms with E-state index in [1.807, 2.05) is 51.1 Å². The summed E-state index contributed by atoms with van der Waals surface area (Å²) < 4.78 is 6.13. The van der Waals surface area contributed by atoms with E-state index in [0.717, 1.165) is 11.1 Å². The maximum absolute atomic E-state index is 12.8. The predicted octanol–water partition coefficient (Wildman–Crippen LogP) is 3.02. The third kappa shape index (κ3) is 6.91. The smallest absolute Gasteiger partial charge is 0.252 e. The Labute approximate surface area is 221 Å². The minimum Gasteiger partial charge on any atom is -0.369 e. The Kier molecular flexibility index (Phi) is 8.31. The van der Waals surface area contributed by atoms with E-state index in [1.54, 1.807) is 36.5 Å². The van der Waals surface area contributed by atoms with Gasteiger partial charge >= 0.3 is 0 Å². The molecule has 10 heteroatoms. The van der Waals surface area contributed by atoms with Crippen LogP contribution in [0.2, 0.25) is 0 Å². The van der Waals surface area contributed by atoms with Crippen molar-refractivity contribution < 1.29 is 14.3 Å². The second-order valence-corrected chi connectivity index (χ2v) is 9.90. The number of aromatic nitrogens is 2. The van der Waals surface area contributed by atoms with Crippen molar-refractivity contribution in [3.05, 3.63) is 77.5 Å². The van der Waals surface area contributed by atoms with Crippen LogP contribution in [0.4, 0.5) is 5.95 Å². The first-order chi connectivity index (χ1) is 18.2. The molecule has 196 valence electrons. The van der Waals surface area contributed by atoms with E-state index >= 15 is 0 Å². The third-order valence-electron chi connectivity index (χ3n) is 5.78. The van der Waals surface area contributed by atoms with Crippen molar-refractivity contribution in [1.82, 2.24) is 25.9 Å². The van der Waals surface area contributed by atoms with Gasteiger partial charge in [0.15, 0.2) is 0 Å². The molecule has 0 bridgehead atoms. The van der Waals surface area contributed by atoms with Crippen molar-refractivity contribution in [2.45, 2.75) is 38.6 Å². The normalized spacial score (nSPS) is 17.2. The summed E-state index contributed by atoms with van der Waals surface area (Å²) in [5, 5.41) is 20.8. The highest BCUT2D eigenvalue weighted by Crippen LogP contribution is 2.25. The fraction of sp³-hybridized carbons (Fsp3) is 0.321. The van der Waals surface area contributed by atoms with Gasteiger partial charge in [0.05, 0.1) is 24.5 Å². The van der Waals surface area contributed by atoms with Gasteiger partial charge in [0.2, 0.25) is 5.95 Å². The van der Waals surface area contributed by atoms with E-state index in [0.29, 0.717) is 35.9 Å². The molecule has 2 heterocycles. The average molecular weight is 514 g/mol. The molecule has 2 atom stereocenters. The molecule has 0 saturated carbocycles. The number of rotatable bonds is 7. The second kappa shape index (κ2) is 11.8. The Balaban J connectivity index is 1.37. The SMILES string of the molecule is CC(C)(C)NC(=O)c1ccccc1C1CNC(Nc2nccc(-c3ccc(C(=O)NCC#N)cc3)n2)CO1. The number of carbonyl (C=O) groups is 2. The summed E-state index contributed by atoms with van der Waals surface area (Å²) in [6.07, 6.45) is 1.17. The highest BCUT2D eigenvalue weighted by molar-refractivity contribution is 5.96. The van der Waals surface area contributed by atoms with Gasteiger partial charge in [0, 0.05) is 35.0 Å². The van der Waals surface area contributed by atoms with Crippen LogP contribution in [-0.4, -0.2) is 53.2 Å². The topological polar surface area (TPSA) is 141 Å². The van der Waals surface area contributed by atoms with Gasteiger partial charge in [-0.3, -0.25) is 14.9 Å². The molecule has 0 spiro atoms. The molecule has 2 amide bonds. The number of hydrogen-bond acceptors (Lipinski definition) is 8. The lowest BCUT2D eigenvalue weighted by molar-refractivity contribution is 0.00820. The van der Waals surface area contributed by atoms with Crippen LogP contribution >= 0.6 is 0 Å². The monoisotopic (exact) mass is 513 g/mol. The summed E-state index contributed by atoms with van der Waals surface area (Å²) in [6, 6.07) is 18.1. The van der Waals surface area contributed by atoms with E-state index in [4.69, 9.17) is 10.00 Å². The van der Waals surface area contributed by atoms with Crippen molar-refractivity contribution in [2.75, 3.05) is 25.0 Å². The number of morpholine rings is 1. The van der Waals surface area contributed by atoms with Crippen LogP contribution in [0, 0.1) is 11.3 Å². The molecule has 10 nitrogen and oxygen atoms in total. The summed E-state index contributed by atoms with van der Waals surface area (Å²) in [6.45, 7) is 6.66. The Morgan fingerprint density at radius 2 is 1.87 bits per heavy atom. The van der Waals surface area contributed by atoms with Gasteiger partial charge in [-0.1, -0.05) is 30.3 Å². The van der Waals surface area contributed by atoms with Gasteiger partial charge in [-0.25, -0.2) is 9.97 Å². The molecule has 38 heavy (non-hydrogen) atoms. The summed E-state index contributed by atoms with van der Waals surface area (Å²) >= 11 is 0. The van der Waals surface area contributed by atoms with Gasteiger partial charge in [0.25, 0.3) is 11.8 Å². The highest BCUT2D eigenvalue weighted by atomic mass is 16.5. The first-order valence-electron chi connectivity index (χ1n) is 12.3. The molecule has 0 radical (unpaired) electrons. The summed E-state index contributed by atoms with van der Waals surface area (Å²) in [5.41, 5.74) is 3.08. The van der Waals surface area contributed by atoms with Crippen molar-refractivity contribution in [3.8, 4) is 17.3 Å². The predicted molar refractivity (Wildman–Crippen MR) is 143 cm³/mol. The van der Waals surface area contributed by atoms with Crippen LogP contribution in [0.15, 0.2) is 60.8 Å². The summed E-state index contributed by atoms with van der Waals surface area (Å²) in [7, 11) is 0. The van der Waals surface area contributed by atoms with Crippen molar-refractivity contribution in [1.29, 1.82) is 5.26 Å². The molecule has 1 aliphatic heterocycles. The van der Waals surface area contributed by atoms with E-state index in [-0.39, 0.29) is 36.2 Å².